The van der Waals surface area contributed by atoms with E-state index in [9.17, 15) is 9.18 Å². The van der Waals surface area contributed by atoms with Gasteiger partial charge in [0.1, 0.15) is 22.8 Å². The molecule has 0 amide bonds. The van der Waals surface area contributed by atoms with Gasteiger partial charge in [-0.2, -0.15) is 5.10 Å². The molecule has 7 nitrogen and oxygen atoms in total. The van der Waals surface area contributed by atoms with E-state index in [1.165, 1.54) is 12.3 Å². The number of nitrogens with one attached hydrogen (secondary N) is 2. The number of nitrogens with two attached hydrogens (primary N) is 1. The summed E-state index contributed by atoms with van der Waals surface area (Å²) in [5.41, 5.74) is 8.74. The van der Waals surface area contributed by atoms with Gasteiger partial charge in [0.05, 0.1) is 29.5 Å². The van der Waals surface area contributed by atoms with Crippen LogP contribution < -0.4 is 16.0 Å². The molecule has 4 rings (SSSR count). The maximum atomic E-state index is 14.0. The van der Waals surface area contributed by atoms with Gasteiger partial charge in [-0.1, -0.05) is 6.07 Å². The Morgan fingerprint density at radius 2 is 2.00 bits per heavy atom. The molecular weight excluding hydrogens is 349 g/mol. The Kier molecular flexibility index (Phi) is 3.83. The fourth-order valence-electron chi connectivity index (χ4n) is 3.22. The van der Waals surface area contributed by atoms with Crippen LogP contribution in [0, 0.1) is 12.7 Å². The van der Waals surface area contributed by atoms with Crippen molar-refractivity contribution in [3.8, 4) is 16.9 Å². The number of H-pyrrole nitrogens is 2. The summed E-state index contributed by atoms with van der Waals surface area (Å²) in [5.74, 6) is 0.146. The van der Waals surface area contributed by atoms with Crippen molar-refractivity contribution < 1.29 is 9.13 Å². The SMILES string of the molecule is Cc1c(OC(C)C)cnc2c(-c3ccc(F)c4[nH]ncc34)c(N)c(=O)[nH]c12. The van der Waals surface area contributed by atoms with Crippen LogP contribution in [0.1, 0.15) is 19.4 Å². The van der Waals surface area contributed by atoms with Crippen LogP contribution >= 0.6 is 0 Å². The van der Waals surface area contributed by atoms with Crippen LogP contribution in [0.15, 0.2) is 29.3 Å². The second kappa shape index (κ2) is 6.08. The first-order valence-corrected chi connectivity index (χ1v) is 8.48. The van der Waals surface area contributed by atoms with Gasteiger partial charge >= 0.3 is 0 Å². The number of rotatable bonds is 3. The second-order valence-corrected chi connectivity index (χ2v) is 6.63. The van der Waals surface area contributed by atoms with Gasteiger partial charge in [-0.3, -0.25) is 14.9 Å². The molecule has 0 atom stereocenters. The van der Waals surface area contributed by atoms with Crippen molar-refractivity contribution in [2.24, 2.45) is 0 Å². The maximum Gasteiger partial charge on any atom is 0.272 e. The highest BCUT2D eigenvalue weighted by Crippen LogP contribution is 2.37. The molecule has 138 valence electrons. The molecule has 8 heteroatoms. The minimum Gasteiger partial charge on any atom is -0.489 e. The molecule has 4 N–H and O–H groups in total. The van der Waals surface area contributed by atoms with Crippen molar-refractivity contribution in [1.82, 2.24) is 20.2 Å². The molecule has 4 aromatic rings. The van der Waals surface area contributed by atoms with Crippen molar-refractivity contribution in [2.75, 3.05) is 5.73 Å². The highest BCUT2D eigenvalue weighted by molar-refractivity contribution is 6.06. The number of nitrogens with zero attached hydrogens (tertiary/aromatic N) is 2. The molecule has 0 saturated heterocycles. The van der Waals surface area contributed by atoms with Crippen LogP contribution in [0.2, 0.25) is 0 Å². The summed E-state index contributed by atoms with van der Waals surface area (Å²) in [6.45, 7) is 5.67. The normalized spacial score (nSPS) is 11.6. The number of aryl methyl sites for hydroxylation is 1. The number of hydrogen-bond acceptors (Lipinski definition) is 5. The van der Waals surface area contributed by atoms with Crippen LogP contribution in [0.3, 0.4) is 0 Å². The van der Waals surface area contributed by atoms with Gasteiger partial charge < -0.3 is 15.5 Å². The van der Waals surface area contributed by atoms with Gasteiger partial charge in [0.25, 0.3) is 5.56 Å². The Morgan fingerprint density at radius 3 is 2.74 bits per heavy atom. The monoisotopic (exact) mass is 367 g/mol. The zero-order valence-corrected chi connectivity index (χ0v) is 15.1. The molecule has 0 saturated carbocycles. The third kappa shape index (κ3) is 2.61. The van der Waals surface area contributed by atoms with Crippen molar-refractivity contribution in [3.63, 3.8) is 0 Å². The fraction of sp³-hybridized carbons (Fsp3) is 0.211. The number of aromatic amines is 2. The molecule has 0 aliphatic carbocycles. The van der Waals surface area contributed by atoms with E-state index >= 15 is 0 Å². The van der Waals surface area contributed by atoms with E-state index < -0.39 is 11.4 Å². The topological polar surface area (TPSA) is 110 Å². The number of halogens is 1. The summed E-state index contributed by atoms with van der Waals surface area (Å²) >= 11 is 0. The van der Waals surface area contributed by atoms with Crippen molar-refractivity contribution in [2.45, 2.75) is 26.9 Å². The summed E-state index contributed by atoms with van der Waals surface area (Å²) in [5, 5.41) is 7.07. The van der Waals surface area contributed by atoms with Gasteiger partial charge in [0.15, 0.2) is 0 Å². The molecule has 0 aliphatic heterocycles. The summed E-state index contributed by atoms with van der Waals surface area (Å²) in [4.78, 5) is 19.8. The Balaban J connectivity index is 2.10. The molecule has 3 heterocycles. The average molecular weight is 367 g/mol. The molecule has 0 bridgehead atoms. The van der Waals surface area contributed by atoms with E-state index in [4.69, 9.17) is 10.5 Å². The van der Waals surface area contributed by atoms with Crippen LogP contribution in [-0.4, -0.2) is 26.3 Å². The third-order valence-electron chi connectivity index (χ3n) is 4.48. The predicted molar refractivity (Wildman–Crippen MR) is 102 cm³/mol. The predicted octanol–water partition coefficient (Wildman–Crippen LogP) is 3.28. The largest absolute Gasteiger partial charge is 0.489 e. The van der Waals surface area contributed by atoms with Crippen LogP contribution in [0.25, 0.3) is 33.1 Å². The molecular formula is C19H18FN5O2. The minimum atomic E-state index is -0.440. The first-order chi connectivity index (χ1) is 12.9. The number of ether oxygens (including phenoxy) is 1. The van der Waals surface area contributed by atoms with Gasteiger partial charge in [0.2, 0.25) is 0 Å². The van der Waals surface area contributed by atoms with Gasteiger partial charge in [-0.25, -0.2) is 4.39 Å². The minimum absolute atomic E-state index is 0.0148. The van der Waals surface area contributed by atoms with Gasteiger partial charge in [-0.15, -0.1) is 0 Å². The number of anilines is 1. The summed E-state index contributed by atoms with van der Waals surface area (Å²) < 4.78 is 19.8. The highest BCUT2D eigenvalue weighted by atomic mass is 19.1. The quantitative estimate of drug-likeness (QED) is 0.515. The Labute approximate surface area is 153 Å². The fourth-order valence-corrected chi connectivity index (χ4v) is 3.22. The van der Waals surface area contributed by atoms with E-state index in [1.807, 2.05) is 20.8 Å². The van der Waals surface area contributed by atoms with E-state index in [2.05, 4.69) is 20.2 Å². The van der Waals surface area contributed by atoms with E-state index in [1.54, 1.807) is 12.3 Å². The Morgan fingerprint density at radius 1 is 1.22 bits per heavy atom. The number of nitrogen functional groups attached to an aromatic ring is 1. The average Bonchev–Trinajstić information content (AvgIpc) is 3.11. The Bertz CT molecular complexity index is 1240. The summed E-state index contributed by atoms with van der Waals surface area (Å²) in [7, 11) is 0. The van der Waals surface area contributed by atoms with E-state index in [0.717, 1.165) is 5.56 Å². The molecule has 0 unspecified atom stereocenters. The summed E-state index contributed by atoms with van der Waals surface area (Å²) in [6, 6.07) is 2.89. The number of aromatic nitrogens is 4. The Hall–Kier alpha value is -3.42. The number of hydrogen-bond donors (Lipinski definition) is 3. The lowest BCUT2D eigenvalue weighted by Gasteiger charge is -2.16. The zero-order valence-electron chi connectivity index (χ0n) is 15.1. The summed E-state index contributed by atoms with van der Waals surface area (Å²) in [6.07, 6.45) is 3.07. The molecule has 0 aliphatic rings. The van der Waals surface area contributed by atoms with Crippen molar-refractivity contribution in [1.29, 1.82) is 0 Å². The van der Waals surface area contributed by atoms with E-state index in [0.29, 0.717) is 33.3 Å². The van der Waals surface area contributed by atoms with Gasteiger partial charge in [-0.05, 0) is 32.4 Å². The second-order valence-electron chi connectivity index (χ2n) is 6.63. The molecule has 0 radical (unpaired) electrons. The van der Waals surface area contributed by atoms with E-state index in [-0.39, 0.29) is 17.3 Å². The van der Waals surface area contributed by atoms with Crippen molar-refractivity contribution >= 4 is 27.6 Å². The van der Waals surface area contributed by atoms with Crippen LogP contribution in [0.5, 0.6) is 5.75 Å². The highest BCUT2D eigenvalue weighted by Gasteiger charge is 2.20. The van der Waals surface area contributed by atoms with Gasteiger partial charge in [0, 0.05) is 16.5 Å². The van der Waals surface area contributed by atoms with Crippen LogP contribution in [0.4, 0.5) is 10.1 Å². The molecule has 0 fully saturated rings. The number of benzene rings is 1. The smallest absolute Gasteiger partial charge is 0.272 e. The lowest BCUT2D eigenvalue weighted by atomic mass is 9.98. The number of fused-ring (bicyclic) bond motifs is 2. The maximum absolute atomic E-state index is 14.0. The standard InChI is InChI=1S/C19H18FN5O2/c1-8(2)27-13-7-22-18-14(15(21)19(26)24-16(18)9(13)3)10-4-5-12(20)17-11(10)6-23-25-17/h4-8H,21H2,1-3H3,(H,23,25)(H,24,26). The van der Waals surface area contributed by atoms with Crippen LogP contribution in [-0.2, 0) is 0 Å². The first-order valence-electron chi connectivity index (χ1n) is 8.48. The lowest BCUT2D eigenvalue weighted by Crippen LogP contribution is -2.15. The lowest BCUT2D eigenvalue weighted by molar-refractivity contribution is 0.240. The molecule has 27 heavy (non-hydrogen) atoms. The van der Waals surface area contributed by atoms with Crippen molar-refractivity contribution in [3.05, 3.63) is 46.3 Å². The molecule has 1 aromatic carbocycles. The molecule has 0 spiro atoms. The first kappa shape index (κ1) is 17.0. The zero-order chi connectivity index (χ0) is 19.3. The third-order valence-corrected chi connectivity index (χ3v) is 4.48. The molecule has 3 aromatic heterocycles. The number of pyridine rings is 2.